The zero-order valence-electron chi connectivity index (χ0n) is 13.9. The maximum absolute atomic E-state index is 12.5. The number of rotatable bonds is 5. The summed E-state index contributed by atoms with van der Waals surface area (Å²) in [4.78, 5) is 14.4. The molecular weight excluding hydrogens is 270 g/mol. The van der Waals surface area contributed by atoms with Crippen LogP contribution >= 0.6 is 0 Å². The van der Waals surface area contributed by atoms with Crippen molar-refractivity contribution in [2.24, 2.45) is 0 Å². The van der Waals surface area contributed by atoms with Gasteiger partial charge >= 0.3 is 0 Å². The number of carbonyl (C=O) groups excluding carboxylic acids is 1. The van der Waals surface area contributed by atoms with Gasteiger partial charge < -0.3 is 4.90 Å². The summed E-state index contributed by atoms with van der Waals surface area (Å²) in [5.74, 6) is 0.192. The van der Waals surface area contributed by atoms with Gasteiger partial charge in [0.05, 0.1) is 6.42 Å². The minimum absolute atomic E-state index is 0.192. The minimum Gasteiger partial charge on any atom is -0.338 e. The van der Waals surface area contributed by atoms with Gasteiger partial charge in [0.1, 0.15) is 0 Å². The summed E-state index contributed by atoms with van der Waals surface area (Å²) in [6.07, 6.45) is 0.464. The van der Waals surface area contributed by atoms with E-state index < -0.39 is 0 Å². The van der Waals surface area contributed by atoms with Crippen LogP contribution in [0.25, 0.3) is 11.1 Å². The van der Waals surface area contributed by atoms with Crippen LogP contribution in [0.3, 0.4) is 0 Å². The zero-order valence-corrected chi connectivity index (χ0v) is 13.9. The third-order valence-corrected chi connectivity index (χ3v) is 3.82. The number of hydrogen-bond donors (Lipinski definition) is 0. The van der Waals surface area contributed by atoms with Gasteiger partial charge in [-0.25, -0.2) is 0 Å². The zero-order chi connectivity index (χ0) is 16.1. The van der Waals surface area contributed by atoms with Crippen LogP contribution in [0.5, 0.6) is 0 Å². The molecule has 0 aliphatic rings. The molecule has 2 aromatic carbocycles. The molecule has 0 heterocycles. The highest BCUT2D eigenvalue weighted by Gasteiger charge is 2.19. The number of nitrogens with zero attached hydrogens (tertiary/aromatic N) is 1. The molecule has 0 fully saturated rings. The molecule has 2 heteroatoms. The highest BCUT2D eigenvalue weighted by molar-refractivity contribution is 5.79. The Morgan fingerprint density at radius 1 is 0.818 bits per heavy atom. The first kappa shape index (κ1) is 16.3. The Morgan fingerprint density at radius 2 is 1.32 bits per heavy atom. The monoisotopic (exact) mass is 295 g/mol. The first-order valence-electron chi connectivity index (χ1n) is 7.94. The first-order chi connectivity index (χ1) is 10.5. The van der Waals surface area contributed by atoms with Gasteiger partial charge in [0.15, 0.2) is 0 Å². The quantitative estimate of drug-likeness (QED) is 0.793. The average Bonchev–Trinajstić information content (AvgIpc) is 2.48. The highest BCUT2D eigenvalue weighted by Crippen LogP contribution is 2.20. The Labute approximate surface area is 133 Å². The van der Waals surface area contributed by atoms with Gasteiger partial charge in [0, 0.05) is 12.1 Å². The summed E-state index contributed by atoms with van der Waals surface area (Å²) in [6, 6.07) is 19.0. The lowest BCUT2D eigenvalue weighted by Crippen LogP contribution is -2.42. The number of benzene rings is 2. The largest absolute Gasteiger partial charge is 0.338 e. The molecule has 0 N–H and O–H groups in total. The molecule has 0 aromatic heterocycles. The predicted octanol–water partition coefficient (Wildman–Crippen LogP) is 4.54. The van der Waals surface area contributed by atoms with E-state index in [1.165, 1.54) is 11.1 Å². The van der Waals surface area contributed by atoms with Crippen molar-refractivity contribution in [3.63, 3.8) is 0 Å². The SMILES string of the molecule is CC(C)N(C(=O)Cc1ccc(-c2ccccc2)cc1)C(C)C. The van der Waals surface area contributed by atoms with Crippen molar-refractivity contribution in [3.8, 4) is 11.1 Å². The second-order valence-corrected chi connectivity index (χ2v) is 6.23. The van der Waals surface area contributed by atoms with Gasteiger partial charge in [-0.15, -0.1) is 0 Å². The summed E-state index contributed by atoms with van der Waals surface area (Å²) in [5, 5.41) is 0. The smallest absolute Gasteiger partial charge is 0.227 e. The number of carbonyl (C=O) groups is 1. The summed E-state index contributed by atoms with van der Waals surface area (Å²) >= 11 is 0. The van der Waals surface area contributed by atoms with Gasteiger partial charge in [-0.05, 0) is 44.4 Å². The molecule has 2 nitrogen and oxygen atoms in total. The number of amides is 1. The van der Waals surface area contributed by atoms with Gasteiger partial charge in [-0.3, -0.25) is 4.79 Å². The molecule has 0 spiro atoms. The third kappa shape index (κ3) is 3.97. The van der Waals surface area contributed by atoms with E-state index in [9.17, 15) is 4.79 Å². The van der Waals surface area contributed by atoms with Gasteiger partial charge in [0.25, 0.3) is 0 Å². The molecule has 0 bridgehead atoms. The standard InChI is InChI=1S/C20H25NO/c1-15(2)21(16(3)4)20(22)14-17-10-12-19(13-11-17)18-8-6-5-7-9-18/h5-13,15-16H,14H2,1-4H3. The molecule has 0 saturated carbocycles. The fourth-order valence-electron chi connectivity index (χ4n) is 2.88. The van der Waals surface area contributed by atoms with E-state index in [4.69, 9.17) is 0 Å². The fourth-order valence-corrected chi connectivity index (χ4v) is 2.88. The van der Waals surface area contributed by atoms with Gasteiger partial charge in [-0.2, -0.15) is 0 Å². The summed E-state index contributed by atoms with van der Waals surface area (Å²) < 4.78 is 0. The minimum atomic E-state index is 0.192. The molecule has 2 aromatic rings. The van der Waals surface area contributed by atoms with E-state index in [2.05, 4.69) is 64.1 Å². The van der Waals surface area contributed by atoms with E-state index in [0.717, 1.165) is 5.56 Å². The van der Waals surface area contributed by atoms with Crippen molar-refractivity contribution in [1.82, 2.24) is 4.90 Å². The summed E-state index contributed by atoms with van der Waals surface area (Å²) in [6.45, 7) is 8.26. The first-order valence-corrected chi connectivity index (χ1v) is 7.94. The van der Waals surface area contributed by atoms with Crippen LogP contribution in [0.1, 0.15) is 33.3 Å². The molecule has 1 amide bonds. The topological polar surface area (TPSA) is 20.3 Å². The van der Waals surface area contributed by atoms with Gasteiger partial charge in [0.2, 0.25) is 5.91 Å². The Hall–Kier alpha value is -2.09. The van der Waals surface area contributed by atoms with E-state index in [0.29, 0.717) is 6.42 Å². The van der Waals surface area contributed by atoms with Crippen LogP contribution in [-0.4, -0.2) is 22.9 Å². The Morgan fingerprint density at radius 3 is 1.82 bits per heavy atom. The lowest BCUT2D eigenvalue weighted by molar-refractivity contribution is -0.134. The van der Waals surface area contributed by atoms with Crippen molar-refractivity contribution in [1.29, 1.82) is 0 Å². The van der Waals surface area contributed by atoms with Crippen LogP contribution in [0.4, 0.5) is 0 Å². The molecule has 116 valence electrons. The highest BCUT2D eigenvalue weighted by atomic mass is 16.2. The van der Waals surface area contributed by atoms with Crippen molar-refractivity contribution < 1.29 is 4.79 Å². The molecule has 0 unspecified atom stereocenters. The molecule has 2 rings (SSSR count). The second-order valence-electron chi connectivity index (χ2n) is 6.23. The van der Waals surface area contributed by atoms with E-state index in [1.807, 2.05) is 23.1 Å². The maximum Gasteiger partial charge on any atom is 0.227 e. The van der Waals surface area contributed by atoms with Crippen molar-refractivity contribution >= 4 is 5.91 Å². The van der Waals surface area contributed by atoms with Crippen LogP contribution < -0.4 is 0 Å². The van der Waals surface area contributed by atoms with E-state index in [1.54, 1.807) is 0 Å². The molecular formula is C20H25NO. The molecule has 0 aliphatic carbocycles. The molecule has 0 aliphatic heterocycles. The molecule has 0 atom stereocenters. The lowest BCUT2D eigenvalue weighted by atomic mass is 10.0. The lowest BCUT2D eigenvalue weighted by Gasteiger charge is -2.31. The maximum atomic E-state index is 12.5. The van der Waals surface area contributed by atoms with Crippen LogP contribution in [-0.2, 0) is 11.2 Å². The van der Waals surface area contributed by atoms with E-state index >= 15 is 0 Å². The normalized spacial score (nSPS) is 11.0. The van der Waals surface area contributed by atoms with Crippen LogP contribution in [0.2, 0.25) is 0 Å². The number of hydrogen-bond acceptors (Lipinski definition) is 1. The third-order valence-electron chi connectivity index (χ3n) is 3.82. The van der Waals surface area contributed by atoms with Crippen molar-refractivity contribution in [3.05, 3.63) is 60.2 Å². The summed E-state index contributed by atoms with van der Waals surface area (Å²) in [5.41, 5.74) is 3.45. The molecule has 0 radical (unpaired) electrons. The Kier molecular flexibility index (Phi) is 5.37. The molecule has 0 saturated heterocycles. The predicted molar refractivity (Wildman–Crippen MR) is 92.7 cm³/mol. The Balaban J connectivity index is 2.10. The Bertz CT molecular complexity index is 591. The van der Waals surface area contributed by atoms with Crippen molar-refractivity contribution in [2.75, 3.05) is 0 Å². The summed E-state index contributed by atoms with van der Waals surface area (Å²) in [7, 11) is 0. The average molecular weight is 295 g/mol. The molecule has 22 heavy (non-hydrogen) atoms. The van der Waals surface area contributed by atoms with E-state index in [-0.39, 0.29) is 18.0 Å². The van der Waals surface area contributed by atoms with Crippen LogP contribution in [0.15, 0.2) is 54.6 Å². The fraction of sp³-hybridized carbons (Fsp3) is 0.350. The second kappa shape index (κ2) is 7.26. The van der Waals surface area contributed by atoms with Gasteiger partial charge in [-0.1, -0.05) is 54.6 Å². The van der Waals surface area contributed by atoms with Crippen LogP contribution in [0, 0.1) is 0 Å². The van der Waals surface area contributed by atoms with Crippen molar-refractivity contribution in [2.45, 2.75) is 46.2 Å².